The molecule has 1 fully saturated rings. The largest absolute Gasteiger partial charge is 0.378 e. The van der Waals surface area contributed by atoms with Gasteiger partial charge in [-0.3, -0.25) is 0 Å². The number of fused-ring (bicyclic) bond motifs is 1. The van der Waals surface area contributed by atoms with E-state index in [2.05, 4.69) is 20.9 Å². The standard InChI is InChI=1S/C12H16N4OS/c1-17-10-6-16(4-2-9(10)13)11-8-3-5-18-12(8)15-7-14-11/h3,5,7,9-10H,2,4,6,13H2,1H3/t9-,10+/m0/s1. The van der Waals surface area contributed by atoms with Crippen molar-refractivity contribution in [1.82, 2.24) is 9.97 Å². The minimum absolute atomic E-state index is 0.0717. The maximum atomic E-state index is 6.04. The molecule has 0 amide bonds. The molecule has 6 heteroatoms. The number of piperidine rings is 1. The molecule has 0 aromatic carbocycles. The molecule has 0 radical (unpaired) electrons. The van der Waals surface area contributed by atoms with E-state index in [1.165, 1.54) is 0 Å². The molecule has 2 aromatic heterocycles. The van der Waals surface area contributed by atoms with Crippen LogP contribution >= 0.6 is 11.3 Å². The number of thiophene rings is 1. The number of nitrogens with two attached hydrogens (primary N) is 1. The van der Waals surface area contributed by atoms with Gasteiger partial charge in [-0.2, -0.15) is 0 Å². The van der Waals surface area contributed by atoms with E-state index in [0.29, 0.717) is 0 Å². The molecule has 96 valence electrons. The van der Waals surface area contributed by atoms with Crippen LogP contribution in [-0.2, 0) is 4.74 Å². The SMILES string of the molecule is CO[C@@H]1CN(c2ncnc3sccc23)CC[C@@H]1N. The highest BCUT2D eigenvalue weighted by Gasteiger charge is 2.28. The van der Waals surface area contributed by atoms with E-state index in [4.69, 9.17) is 10.5 Å². The number of ether oxygens (including phenoxy) is 1. The summed E-state index contributed by atoms with van der Waals surface area (Å²) in [6, 6.07) is 2.19. The average molecular weight is 264 g/mol. The van der Waals surface area contributed by atoms with Gasteiger partial charge in [0, 0.05) is 26.2 Å². The first-order valence-electron chi connectivity index (χ1n) is 6.01. The topological polar surface area (TPSA) is 64.3 Å². The van der Waals surface area contributed by atoms with Crippen molar-refractivity contribution in [2.24, 2.45) is 5.73 Å². The van der Waals surface area contributed by atoms with Crippen LogP contribution < -0.4 is 10.6 Å². The summed E-state index contributed by atoms with van der Waals surface area (Å²) in [5.41, 5.74) is 6.04. The average Bonchev–Trinajstić information content (AvgIpc) is 2.87. The number of hydrogen-bond acceptors (Lipinski definition) is 6. The van der Waals surface area contributed by atoms with Crippen LogP contribution in [0.3, 0.4) is 0 Å². The Balaban J connectivity index is 1.93. The molecule has 0 unspecified atom stereocenters. The number of rotatable bonds is 2. The van der Waals surface area contributed by atoms with Crippen molar-refractivity contribution < 1.29 is 4.74 Å². The highest BCUT2D eigenvalue weighted by atomic mass is 32.1. The van der Waals surface area contributed by atoms with Gasteiger partial charge in [0.2, 0.25) is 0 Å². The van der Waals surface area contributed by atoms with Crippen LogP contribution in [0.5, 0.6) is 0 Å². The van der Waals surface area contributed by atoms with Crippen molar-refractivity contribution >= 4 is 27.4 Å². The number of nitrogens with zero attached hydrogens (tertiary/aromatic N) is 3. The summed E-state index contributed by atoms with van der Waals surface area (Å²) < 4.78 is 5.44. The summed E-state index contributed by atoms with van der Waals surface area (Å²) >= 11 is 1.64. The maximum Gasteiger partial charge on any atom is 0.140 e. The molecule has 3 rings (SSSR count). The van der Waals surface area contributed by atoms with Gasteiger partial charge in [-0.05, 0) is 17.9 Å². The third-order valence-electron chi connectivity index (χ3n) is 3.45. The van der Waals surface area contributed by atoms with Crippen LogP contribution in [0, 0.1) is 0 Å². The van der Waals surface area contributed by atoms with Gasteiger partial charge < -0.3 is 15.4 Å². The lowest BCUT2D eigenvalue weighted by Gasteiger charge is -2.36. The molecule has 2 aromatic rings. The van der Waals surface area contributed by atoms with E-state index in [1.807, 2.05) is 5.38 Å². The fraction of sp³-hybridized carbons (Fsp3) is 0.500. The van der Waals surface area contributed by atoms with Crippen molar-refractivity contribution in [1.29, 1.82) is 0 Å². The quantitative estimate of drug-likeness (QED) is 0.884. The van der Waals surface area contributed by atoms with E-state index < -0.39 is 0 Å². The van der Waals surface area contributed by atoms with E-state index in [-0.39, 0.29) is 12.1 Å². The van der Waals surface area contributed by atoms with Crippen LogP contribution in [-0.4, -0.2) is 42.3 Å². The second kappa shape index (κ2) is 4.79. The Morgan fingerprint density at radius 2 is 2.39 bits per heavy atom. The van der Waals surface area contributed by atoms with Gasteiger partial charge in [0.25, 0.3) is 0 Å². The minimum atomic E-state index is 0.0717. The molecule has 2 N–H and O–H groups in total. The number of anilines is 1. The Morgan fingerprint density at radius 1 is 1.50 bits per heavy atom. The first-order chi connectivity index (χ1) is 8.79. The van der Waals surface area contributed by atoms with Crippen molar-refractivity contribution in [3.63, 3.8) is 0 Å². The summed E-state index contributed by atoms with van der Waals surface area (Å²) in [6.45, 7) is 1.71. The maximum absolute atomic E-state index is 6.04. The third-order valence-corrected chi connectivity index (χ3v) is 4.27. The van der Waals surface area contributed by atoms with Gasteiger partial charge in [-0.15, -0.1) is 11.3 Å². The van der Waals surface area contributed by atoms with E-state index >= 15 is 0 Å². The molecule has 0 saturated carbocycles. The summed E-state index contributed by atoms with van der Waals surface area (Å²) in [4.78, 5) is 12.0. The highest BCUT2D eigenvalue weighted by molar-refractivity contribution is 7.16. The molecule has 0 spiro atoms. The molecule has 1 aliphatic heterocycles. The Morgan fingerprint density at radius 3 is 3.22 bits per heavy atom. The van der Waals surface area contributed by atoms with E-state index in [9.17, 15) is 0 Å². The molecule has 3 heterocycles. The zero-order chi connectivity index (χ0) is 12.5. The van der Waals surface area contributed by atoms with Crippen molar-refractivity contribution in [2.45, 2.75) is 18.6 Å². The fourth-order valence-corrected chi connectivity index (χ4v) is 3.13. The number of aromatic nitrogens is 2. The zero-order valence-corrected chi connectivity index (χ0v) is 11.1. The lowest BCUT2D eigenvalue weighted by atomic mass is 10.0. The van der Waals surface area contributed by atoms with Crippen LogP contribution in [0.15, 0.2) is 17.8 Å². The number of methoxy groups -OCH3 is 1. The summed E-state index contributed by atoms with van der Waals surface area (Å²) in [5.74, 6) is 0.996. The van der Waals surface area contributed by atoms with Gasteiger partial charge in [0.05, 0.1) is 11.5 Å². The Labute approximate surface area is 110 Å². The van der Waals surface area contributed by atoms with Gasteiger partial charge in [-0.25, -0.2) is 9.97 Å². The lowest BCUT2D eigenvalue weighted by Crippen LogP contribution is -2.51. The molecule has 0 aliphatic carbocycles. The molecule has 0 bridgehead atoms. The summed E-state index contributed by atoms with van der Waals surface area (Å²) in [7, 11) is 1.72. The van der Waals surface area contributed by atoms with Crippen molar-refractivity contribution in [3.8, 4) is 0 Å². The molecular weight excluding hydrogens is 248 g/mol. The Hall–Kier alpha value is -1.24. The van der Waals surface area contributed by atoms with Gasteiger partial charge in [-0.1, -0.05) is 0 Å². The normalized spacial score (nSPS) is 24.7. The van der Waals surface area contributed by atoms with Crippen LogP contribution in [0.25, 0.3) is 10.2 Å². The zero-order valence-electron chi connectivity index (χ0n) is 10.2. The van der Waals surface area contributed by atoms with Gasteiger partial charge in [0.1, 0.15) is 17.0 Å². The first kappa shape index (κ1) is 11.8. The molecule has 2 atom stereocenters. The Bertz CT molecular complexity index is 544. The Kier molecular flexibility index (Phi) is 3.15. The molecular formula is C12H16N4OS. The smallest absolute Gasteiger partial charge is 0.140 e. The van der Waals surface area contributed by atoms with Crippen LogP contribution in [0.1, 0.15) is 6.42 Å². The lowest BCUT2D eigenvalue weighted by molar-refractivity contribution is 0.0729. The molecule has 1 saturated heterocycles. The van der Waals surface area contributed by atoms with Crippen molar-refractivity contribution in [3.05, 3.63) is 17.8 Å². The highest BCUT2D eigenvalue weighted by Crippen LogP contribution is 2.28. The molecule has 18 heavy (non-hydrogen) atoms. The predicted molar refractivity (Wildman–Crippen MR) is 73.0 cm³/mol. The van der Waals surface area contributed by atoms with E-state index in [0.717, 1.165) is 35.5 Å². The second-order valence-corrected chi connectivity index (χ2v) is 5.40. The predicted octanol–water partition coefficient (Wildman–Crippen LogP) is 1.24. The van der Waals surface area contributed by atoms with Gasteiger partial charge in [0.15, 0.2) is 0 Å². The fourth-order valence-electron chi connectivity index (χ4n) is 2.41. The monoisotopic (exact) mass is 264 g/mol. The van der Waals surface area contributed by atoms with E-state index in [1.54, 1.807) is 24.8 Å². The summed E-state index contributed by atoms with van der Waals surface area (Å²) in [5, 5.41) is 3.17. The first-order valence-corrected chi connectivity index (χ1v) is 6.89. The second-order valence-electron chi connectivity index (χ2n) is 4.51. The third kappa shape index (κ3) is 1.96. The number of hydrogen-bond donors (Lipinski definition) is 1. The van der Waals surface area contributed by atoms with Crippen LogP contribution in [0.2, 0.25) is 0 Å². The minimum Gasteiger partial charge on any atom is -0.378 e. The molecule has 5 nitrogen and oxygen atoms in total. The summed E-state index contributed by atoms with van der Waals surface area (Å²) in [6.07, 6.45) is 2.63. The molecule has 1 aliphatic rings. The van der Waals surface area contributed by atoms with Crippen LogP contribution in [0.4, 0.5) is 5.82 Å². The van der Waals surface area contributed by atoms with Crippen molar-refractivity contribution in [2.75, 3.05) is 25.1 Å². The van der Waals surface area contributed by atoms with Gasteiger partial charge >= 0.3 is 0 Å².